The van der Waals surface area contributed by atoms with Crippen LogP contribution in [0.15, 0.2) is 36.5 Å². The molecule has 1 aromatic heterocycles. The summed E-state index contributed by atoms with van der Waals surface area (Å²) in [4.78, 5) is 4.57. The number of hydrogen-bond donors (Lipinski definition) is 0. The molecule has 0 unspecified atom stereocenters. The van der Waals surface area contributed by atoms with Crippen LogP contribution in [0, 0.1) is 0 Å². The normalized spacial score (nSPS) is 12.0. The number of aromatic nitrogens is 1. The lowest BCUT2D eigenvalue weighted by Crippen LogP contribution is -2.42. The molecule has 0 radical (unpaired) electrons. The highest BCUT2D eigenvalue weighted by atomic mass is 28.4. The van der Waals surface area contributed by atoms with Gasteiger partial charge in [-0.25, -0.2) is 0 Å². The Kier molecular flexibility index (Phi) is 8.55. The van der Waals surface area contributed by atoms with Crippen LogP contribution < -0.4 is 0 Å². The van der Waals surface area contributed by atoms with Crippen LogP contribution in [0.4, 0.5) is 0 Å². The van der Waals surface area contributed by atoms with E-state index in [0.717, 1.165) is 18.9 Å². The zero-order valence-electron chi connectivity index (χ0n) is 15.8. The van der Waals surface area contributed by atoms with Gasteiger partial charge in [-0.2, -0.15) is 0 Å². The smallest absolute Gasteiger partial charge is 0.377 e. The quantitative estimate of drug-likeness (QED) is 0.394. The highest BCUT2D eigenvalue weighted by Gasteiger charge is 2.36. The monoisotopic (exact) mass is 361 g/mol. The standard InChI is InChI=1S/C20H31NO3Si/c1-22-25(23-2,24-3)17-11-7-5-4-6-8-14-20-19-13-10-9-12-18(19)15-16-21-20/h9-10,12-13,15-16H,4-8,11,14,17H2,1-3H3. The van der Waals surface area contributed by atoms with E-state index in [2.05, 4.69) is 35.3 Å². The van der Waals surface area contributed by atoms with Gasteiger partial charge in [-0.3, -0.25) is 4.98 Å². The number of hydrogen-bond acceptors (Lipinski definition) is 4. The summed E-state index contributed by atoms with van der Waals surface area (Å²) in [5, 5.41) is 2.58. The first kappa shape index (κ1) is 20.0. The molecule has 138 valence electrons. The highest BCUT2D eigenvalue weighted by Crippen LogP contribution is 2.20. The van der Waals surface area contributed by atoms with Gasteiger partial charge in [0.2, 0.25) is 0 Å². The van der Waals surface area contributed by atoms with Crippen molar-refractivity contribution < 1.29 is 13.3 Å². The molecule has 0 bridgehead atoms. The van der Waals surface area contributed by atoms with Crippen LogP contribution in [0.3, 0.4) is 0 Å². The van der Waals surface area contributed by atoms with E-state index in [1.807, 2.05) is 6.20 Å². The van der Waals surface area contributed by atoms with Crippen LogP contribution in [-0.4, -0.2) is 35.1 Å². The molecule has 0 N–H and O–H groups in total. The molecule has 0 aliphatic carbocycles. The van der Waals surface area contributed by atoms with Crippen LogP contribution in [0.2, 0.25) is 6.04 Å². The Morgan fingerprint density at radius 1 is 0.800 bits per heavy atom. The van der Waals surface area contributed by atoms with E-state index in [4.69, 9.17) is 13.3 Å². The van der Waals surface area contributed by atoms with Gasteiger partial charge in [-0.15, -0.1) is 0 Å². The Morgan fingerprint density at radius 3 is 2.16 bits per heavy atom. The van der Waals surface area contributed by atoms with Crippen molar-refractivity contribution in [3.8, 4) is 0 Å². The molecule has 2 rings (SSSR count). The first-order valence-corrected chi connectivity index (χ1v) is 11.2. The summed E-state index contributed by atoms with van der Waals surface area (Å²) >= 11 is 0. The highest BCUT2D eigenvalue weighted by molar-refractivity contribution is 6.60. The molecule has 5 heteroatoms. The number of pyridine rings is 1. The maximum atomic E-state index is 5.45. The molecule has 0 spiro atoms. The summed E-state index contributed by atoms with van der Waals surface area (Å²) in [6.07, 6.45) is 10.3. The molecule has 4 nitrogen and oxygen atoms in total. The third-order valence-corrected chi connectivity index (χ3v) is 7.67. The largest absolute Gasteiger partial charge is 0.500 e. The summed E-state index contributed by atoms with van der Waals surface area (Å²) in [6.45, 7) is 0. The van der Waals surface area contributed by atoms with Crippen LogP contribution in [0.25, 0.3) is 10.8 Å². The minimum atomic E-state index is -2.37. The first-order valence-electron chi connectivity index (χ1n) is 9.23. The first-order chi connectivity index (χ1) is 12.2. The Bertz CT molecular complexity index is 618. The maximum absolute atomic E-state index is 5.45. The van der Waals surface area contributed by atoms with Gasteiger partial charge in [0.25, 0.3) is 0 Å². The van der Waals surface area contributed by atoms with Crippen LogP contribution >= 0.6 is 0 Å². The van der Waals surface area contributed by atoms with Crippen molar-refractivity contribution in [1.82, 2.24) is 4.98 Å². The fraction of sp³-hybridized carbons (Fsp3) is 0.550. The summed E-state index contributed by atoms with van der Waals surface area (Å²) < 4.78 is 16.4. The fourth-order valence-corrected chi connectivity index (χ4v) is 5.07. The second-order valence-corrected chi connectivity index (χ2v) is 9.49. The van der Waals surface area contributed by atoms with E-state index in [1.165, 1.54) is 48.6 Å². The lowest BCUT2D eigenvalue weighted by atomic mass is 10.0. The molecule has 0 aliphatic rings. The third-order valence-electron chi connectivity index (χ3n) is 4.84. The van der Waals surface area contributed by atoms with Crippen molar-refractivity contribution in [2.24, 2.45) is 0 Å². The van der Waals surface area contributed by atoms with E-state index < -0.39 is 8.80 Å². The van der Waals surface area contributed by atoms with Gasteiger partial charge in [-0.05, 0) is 30.7 Å². The Morgan fingerprint density at radius 2 is 1.44 bits per heavy atom. The van der Waals surface area contributed by atoms with E-state index >= 15 is 0 Å². The summed E-state index contributed by atoms with van der Waals surface area (Å²) in [5.41, 5.74) is 1.23. The lowest BCUT2D eigenvalue weighted by molar-refractivity contribution is 0.122. The molecule has 0 saturated carbocycles. The minimum absolute atomic E-state index is 0.899. The van der Waals surface area contributed by atoms with Crippen molar-refractivity contribution in [2.75, 3.05) is 21.3 Å². The fourth-order valence-electron chi connectivity index (χ4n) is 3.28. The van der Waals surface area contributed by atoms with Crippen molar-refractivity contribution in [3.05, 3.63) is 42.2 Å². The van der Waals surface area contributed by atoms with Gasteiger partial charge < -0.3 is 13.3 Å². The second kappa shape index (κ2) is 10.7. The third kappa shape index (κ3) is 5.89. The molecule has 1 heterocycles. The molecular weight excluding hydrogens is 330 g/mol. The minimum Gasteiger partial charge on any atom is -0.377 e. The number of benzene rings is 1. The molecular formula is C20H31NO3Si. The van der Waals surface area contributed by atoms with Crippen LogP contribution in [0.1, 0.15) is 44.2 Å². The van der Waals surface area contributed by atoms with Gasteiger partial charge in [0.1, 0.15) is 0 Å². The molecule has 25 heavy (non-hydrogen) atoms. The Hall–Kier alpha value is -1.27. The van der Waals surface area contributed by atoms with Crippen molar-refractivity contribution in [2.45, 2.75) is 51.0 Å². The molecule has 0 aliphatic heterocycles. The molecule has 2 aromatic rings. The number of nitrogens with zero attached hydrogens (tertiary/aromatic N) is 1. The molecule has 1 aromatic carbocycles. The lowest BCUT2D eigenvalue weighted by Gasteiger charge is -2.24. The van der Waals surface area contributed by atoms with Gasteiger partial charge in [-0.1, -0.05) is 49.9 Å². The number of rotatable bonds is 12. The van der Waals surface area contributed by atoms with Crippen LogP contribution in [0.5, 0.6) is 0 Å². The number of aryl methyl sites for hydroxylation is 1. The van der Waals surface area contributed by atoms with E-state index in [9.17, 15) is 0 Å². The van der Waals surface area contributed by atoms with Gasteiger partial charge in [0, 0.05) is 44.7 Å². The summed E-state index contributed by atoms with van der Waals surface area (Å²) in [5.74, 6) is 0. The van der Waals surface area contributed by atoms with E-state index in [0.29, 0.717) is 0 Å². The van der Waals surface area contributed by atoms with Crippen molar-refractivity contribution in [3.63, 3.8) is 0 Å². The zero-order chi connectivity index (χ0) is 18.0. The Labute approximate surface area is 152 Å². The summed E-state index contributed by atoms with van der Waals surface area (Å²) in [6, 6.07) is 11.5. The average Bonchev–Trinajstić information content (AvgIpc) is 2.67. The van der Waals surface area contributed by atoms with Crippen molar-refractivity contribution in [1.29, 1.82) is 0 Å². The van der Waals surface area contributed by atoms with Gasteiger partial charge in [0.15, 0.2) is 0 Å². The second-order valence-electron chi connectivity index (χ2n) is 6.40. The van der Waals surface area contributed by atoms with E-state index in [1.54, 1.807) is 21.3 Å². The Balaban J connectivity index is 1.62. The topological polar surface area (TPSA) is 40.6 Å². The zero-order valence-corrected chi connectivity index (χ0v) is 16.8. The van der Waals surface area contributed by atoms with Gasteiger partial charge >= 0.3 is 8.80 Å². The van der Waals surface area contributed by atoms with E-state index in [-0.39, 0.29) is 0 Å². The predicted octanol–water partition coefficient (Wildman–Crippen LogP) is 5.00. The van der Waals surface area contributed by atoms with Crippen LogP contribution in [-0.2, 0) is 19.7 Å². The molecule has 0 saturated heterocycles. The SMILES string of the molecule is CO[Si](CCCCCCCCc1nccc2ccccc12)(OC)OC. The molecule has 0 fully saturated rings. The predicted molar refractivity (Wildman–Crippen MR) is 105 cm³/mol. The molecule has 0 amide bonds. The number of unbranched alkanes of at least 4 members (excludes halogenated alkanes) is 5. The average molecular weight is 362 g/mol. The summed E-state index contributed by atoms with van der Waals surface area (Å²) in [7, 11) is 2.67. The molecule has 0 atom stereocenters. The van der Waals surface area contributed by atoms with Crippen molar-refractivity contribution >= 4 is 19.6 Å². The maximum Gasteiger partial charge on any atom is 0.500 e. The van der Waals surface area contributed by atoms with Gasteiger partial charge in [0.05, 0.1) is 0 Å². The number of fused-ring (bicyclic) bond motifs is 1.